The Bertz CT molecular complexity index is 823. The van der Waals surface area contributed by atoms with Crippen LogP contribution in [0.15, 0.2) is 42.5 Å². The zero-order valence-electron chi connectivity index (χ0n) is 17.1. The predicted octanol–water partition coefficient (Wildman–Crippen LogP) is 3.04. The van der Waals surface area contributed by atoms with Crippen LogP contribution in [0.1, 0.15) is 29.8 Å². The number of benzene rings is 2. The Morgan fingerprint density at radius 3 is 2.41 bits per heavy atom. The van der Waals surface area contributed by atoms with Crippen molar-refractivity contribution < 1.29 is 23.8 Å². The molecule has 0 heterocycles. The van der Waals surface area contributed by atoms with Gasteiger partial charge in [-0.1, -0.05) is 18.2 Å². The molecule has 2 N–H and O–H groups in total. The van der Waals surface area contributed by atoms with E-state index in [2.05, 4.69) is 10.6 Å². The molecule has 0 aliphatic rings. The predicted molar refractivity (Wildman–Crippen MR) is 112 cm³/mol. The lowest BCUT2D eigenvalue weighted by Crippen LogP contribution is -2.30. The summed E-state index contributed by atoms with van der Waals surface area (Å²) >= 11 is 0. The van der Waals surface area contributed by atoms with Crippen molar-refractivity contribution in [1.29, 1.82) is 0 Å². The summed E-state index contributed by atoms with van der Waals surface area (Å²) in [5.74, 6) is 0.500. The van der Waals surface area contributed by atoms with E-state index < -0.39 is 5.97 Å². The number of hydrogen-bond acceptors (Lipinski definition) is 6. The first-order chi connectivity index (χ1) is 14.1. The second kappa shape index (κ2) is 11.6. The highest BCUT2D eigenvalue weighted by Crippen LogP contribution is 2.28. The van der Waals surface area contributed by atoms with Gasteiger partial charge < -0.3 is 24.8 Å². The first-order valence-corrected chi connectivity index (χ1v) is 9.68. The second-order valence-corrected chi connectivity index (χ2v) is 6.12. The van der Waals surface area contributed by atoms with Gasteiger partial charge in [0, 0.05) is 19.3 Å². The average Bonchev–Trinajstić information content (AvgIpc) is 2.74. The fourth-order valence-corrected chi connectivity index (χ4v) is 2.74. The maximum atomic E-state index is 12.1. The molecular formula is C22H28N2O5. The van der Waals surface area contributed by atoms with E-state index in [-0.39, 0.29) is 12.5 Å². The van der Waals surface area contributed by atoms with E-state index in [0.717, 1.165) is 5.56 Å². The van der Waals surface area contributed by atoms with Gasteiger partial charge >= 0.3 is 5.97 Å². The Labute approximate surface area is 171 Å². The highest BCUT2D eigenvalue weighted by molar-refractivity contribution is 5.96. The van der Waals surface area contributed by atoms with Crippen LogP contribution >= 0.6 is 0 Å². The Hall–Kier alpha value is -3.22. The van der Waals surface area contributed by atoms with Gasteiger partial charge in [-0.3, -0.25) is 4.79 Å². The molecule has 0 aromatic heterocycles. The van der Waals surface area contributed by atoms with E-state index in [1.54, 1.807) is 25.2 Å². The molecule has 0 unspecified atom stereocenters. The van der Waals surface area contributed by atoms with Crippen molar-refractivity contribution in [3.63, 3.8) is 0 Å². The zero-order chi connectivity index (χ0) is 21.1. The van der Waals surface area contributed by atoms with E-state index in [0.29, 0.717) is 48.9 Å². The van der Waals surface area contributed by atoms with Crippen molar-refractivity contribution in [1.82, 2.24) is 5.32 Å². The standard InChI is InChI=1S/C22H28N2O5/c1-4-27-19-11-10-16(14-20(19)28-5-2)12-13-24-21(25)15-29-22(26)17-8-6-7-9-18(17)23-3/h6-11,14,23H,4-5,12-13,15H2,1-3H3,(H,24,25). The molecule has 2 aromatic carbocycles. The maximum absolute atomic E-state index is 12.1. The number of anilines is 1. The molecule has 2 aromatic rings. The molecular weight excluding hydrogens is 372 g/mol. The molecule has 0 bridgehead atoms. The van der Waals surface area contributed by atoms with Crippen LogP contribution in [0, 0.1) is 0 Å². The smallest absolute Gasteiger partial charge is 0.340 e. The normalized spacial score (nSPS) is 10.2. The first-order valence-electron chi connectivity index (χ1n) is 9.68. The molecule has 0 fully saturated rings. The van der Waals surface area contributed by atoms with Crippen LogP contribution in [0.5, 0.6) is 11.5 Å². The highest BCUT2D eigenvalue weighted by Gasteiger charge is 2.13. The number of rotatable bonds is 11. The number of ether oxygens (including phenoxy) is 3. The molecule has 0 saturated heterocycles. The molecule has 0 spiro atoms. The molecule has 0 radical (unpaired) electrons. The summed E-state index contributed by atoms with van der Waals surface area (Å²) in [5.41, 5.74) is 2.05. The lowest BCUT2D eigenvalue weighted by atomic mass is 10.1. The number of esters is 1. The minimum atomic E-state index is -0.544. The van der Waals surface area contributed by atoms with Crippen LogP contribution in [-0.2, 0) is 16.0 Å². The Morgan fingerprint density at radius 2 is 1.69 bits per heavy atom. The zero-order valence-corrected chi connectivity index (χ0v) is 17.1. The van der Waals surface area contributed by atoms with Crippen LogP contribution in [0.25, 0.3) is 0 Å². The van der Waals surface area contributed by atoms with Crippen molar-refractivity contribution in [2.75, 3.05) is 38.7 Å². The molecule has 7 nitrogen and oxygen atoms in total. The number of carbonyl (C=O) groups excluding carboxylic acids is 2. The first kappa shape index (κ1) is 22.1. The van der Waals surface area contributed by atoms with Crippen molar-refractivity contribution >= 4 is 17.6 Å². The molecule has 1 amide bonds. The molecule has 0 saturated carbocycles. The van der Waals surface area contributed by atoms with Gasteiger partial charge in [0.05, 0.1) is 18.8 Å². The molecule has 2 rings (SSSR count). The average molecular weight is 400 g/mol. The summed E-state index contributed by atoms with van der Waals surface area (Å²) in [5, 5.41) is 5.68. The van der Waals surface area contributed by atoms with E-state index in [4.69, 9.17) is 14.2 Å². The summed E-state index contributed by atoms with van der Waals surface area (Å²) in [6.07, 6.45) is 0.620. The van der Waals surface area contributed by atoms with Gasteiger partial charge in [0.15, 0.2) is 18.1 Å². The lowest BCUT2D eigenvalue weighted by molar-refractivity contribution is -0.124. The Balaban J connectivity index is 1.81. The van der Waals surface area contributed by atoms with E-state index in [1.807, 2.05) is 38.1 Å². The third-order valence-electron chi connectivity index (χ3n) is 4.09. The number of carbonyl (C=O) groups is 2. The quantitative estimate of drug-likeness (QED) is 0.564. The van der Waals surface area contributed by atoms with Gasteiger partial charge in [0.2, 0.25) is 0 Å². The minimum Gasteiger partial charge on any atom is -0.490 e. The number of para-hydroxylation sites is 1. The van der Waals surface area contributed by atoms with E-state index in [9.17, 15) is 9.59 Å². The molecule has 29 heavy (non-hydrogen) atoms. The van der Waals surface area contributed by atoms with Crippen molar-refractivity contribution in [2.24, 2.45) is 0 Å². The van der Waals surface area contributed by atoms with Crippen LogP contribution in [0.3, 0.4) is 0 Å². The van der Waals surface area contributed by atoms with E-state index >= 15 is 0 Å². The van der Waals surface area contributed by atoms with Gasteiger partial charge in [0.1, 0.15) is 0 Å². The number of amides is 1. The highest BCUT2D eigenvalue weighted by atomic mass is 16.5. The fraction of sp³-hybridized carbons (Fsp3) is 0.364. The molecule has 0 atom stereocenters. The third kappa shape index (κ3) is 6.71. The van der Waals surface area contributed by atoms with Crippen LogP contribution in [0.2, 0.25) is 0 Å². The maximum Gasteiger partial charge on any atom is 0.340 e. The Morgan fingerprint density at radius 1 is 0.966 bits per heavy atom. The van der Waals surface area contributed by atoms with Gasteiger partial charge in [-0.25, -0.2) is 4.79 Å². The lowest BCUT2D eigenvalue weighted by Gasteiger charge is -2.13. The summed E-state index contributed by atoms with van der Waals surface area (Å²) in [6, 6.07) is 12.7. The van der Waals surface area contributed by atoms with Crippen LogP contribution in [0.4, 0.5) is 5.69 Å². The SMILES string of the molecule is CCOc1ccc(CCNC(=O)COC(=O)c2ccccc2NC)cc1OCC. The van der Waals surface area contributed by atoms with Crippen LogP contribution in [-0.4, -0.2) is 45.3 Å². The molecule has 0 aliphatic carbocycles. The monoisotopic (exact) mass is 400 g/mol. The van der Waals surface area contributed by atoms with Gasteiger partial charge in [-0.15, -0.1) is 0 Å². The molecule has 0 aliphatic heterocycles. The summed E-state index contributed by atoms with van der Waals surface area (Å²) in [7, 11) is 1.72. The largest absolute Gasteiger partial charge is 0.490 e. The minimum absolute atomic E-state index is 0.329. The van der Waals surface area contributed by atoms with Crippen LogP contribution < -0.4 is 20.1 Å². The fourth-order valence-electron chi connectivity index (χ4n) is 2.74. The molecule has 156 valence electrons. The van der Waals surface area contributed by atoms with Gasteiger partial charge in [-0.2, -0.15) is 0 Å². The summed E-state index contributed by atoms with van der Waals surface area (Å²) < 4.78 is 16.3. The number of nitrogens with one attached hydrogen (secondary N) is 2. The van der Waals surface area contributed by atoms with Crippen molar-refractivity contribution in [2.45, 2.75) is 20.3 Å². The Kier molecular flexibility index (Phi) is 8.82. The van der Waals surface area contributed by atoms with E-state index in [1.165, 1.54) is 0 Å². The van der Waals surface area contributed by atoms with Gasteiger partial charge in [0.25, 0.3) is 5.91 Å². The summed E-state index contributed by atoms with van der Waals surface area (Å²) in [6.45, 7) is 5.03. The topological polar surface area (TPSA) is 85.9 Å². The number of hydrogen-bond donors (Lipinski definition) is 2. The third-order valence-corrected chi connectivity index (χ3v) is 4.09. The molecule has 7 heteroatoms. The van der Waals surface area contributed by atoms with Crippen molar-refractivity contribution in [3.8, 4) is 11.5 Å². The summed E-state index contributed by atoms with van der Waals surface area (Å²) in [4.78, 5) is 24.1. The second-order valence-electron chi connectivity index (χ2n) is 6.12. The van der Waals surface area contributed by atoms with Crippen molar-refractivity contribution in [3.05, 3.63) is 53.6 Å². The van der Waals surface area contributed by atoms with Gasteiger partial charge in [-0.05, 0) is 50.1 Å².